The SMILES string of the molecule is COc1cccc(-n2ccnc2CCN)c1[N+](=O)[O-]. The summed E-state index contributed by atoms with van der Waals surface area (Å²) < 4.78 is 6.71. The minimum atomic E-state index is -0.458. The van der Waals surface area contributed by atoms with Crippen molar-refractivity contribution in [3.63, 3.8) is 0 Å². The summed E-state index contributed by atoms with van der Waals surface area (Å²) in [5, 5.41) is 11.2. The zero-order chi connectivity index (χ0) is 13.8. The maximum Gasteiger partial charge on any atom is 0.334 e. The van der Waals surface area contributed by atoms with Crippen LogP contribution in [0.2, 0.25) is 0 Å². The lowest BCUT2D eigenvalue weighted by Crippen LogP contribution is -2.10. The fourth-order valence-electron chi connectivity index (χ4n) is 1.92. The van der Waals surface area contributed by atoms with Crippen LogP contribution in [-0.4, -0.2) is 28.1 Å². The Morgan fingerprint density at radius 3 is 2.95 bits per heavy atom. The number of para-hydroxylation sites is 1. The molecule has 0 atom stereocenters. The van der Waals surface area contributed by atoms with Gasteiger partial charge in [0.05, 0.1) is 12.0 Å². The molecular formula is C12H14N4O3. The zero-order valence-electron chi connectivity index (χ0n) is 10.4. The fraction of sp³-hybridized carbons (Fsp3) is 0.250. The van der Waals surface area contributed by atoms with Crippen LogP contribution in [-0.2, 0) is 6.42 Å². The maximum atomic E-state index is 11.2. The molecule has 2 rings (SSSR count). The third-order valence-electron chi connectivity index (χ3n) is 2.73. The second-order valence-electron chi connectivity index (χ2n) is 3.84. The Balaban J connectivity index is 2.61. The number of nitrogens with two attached hydrogens (primary N) is 1. The van der Waals surface area contributed by atoms with E-state index in [9.17, 15) is 10.1 Å². The molecule has 1 heterocycles. The molecule has 0 saturated heterocycles. The number of nitro benzene ring substituents is 1. The van der Waals surface area contributed by atoms with Crippen LogP contribution >= 0.6 is 0 Å². The topological polar surface area (TPSA) is 96.2 Å². The van der Waals surface area contributed by atoms with Crippen molar-refractivity contribution in [3.05, 3.63) is 46.5 Å². The number of nitro groups is 1. The quantitative estimate of drug-likeness (QED) is 0.647. The third kappa shape index (κ3) is 2.41. The van der Waals surface area contributed by atoms with Crippen LogP contribution in [0.4, 0.5) is 5.69 Å². The second kappa shape index (κ2) is 5.49. The average Bonchev–Trinajstić information content (AvgIpc) is 2.86. The summed E-state index contributed by atoms with van der Waals surface area (Å²) in [6.45, 7) is 0.425. The molecule has 2 aromatic rings. The number of rotatable bonds is 5. The number of imidazole rings is 1. The predicted molar refractivity (Wildman–Crippen MR) is 69.5 cm³/mol. The van der Waals surface area contributed by atoms with E-state index in [1.807, 2.05) is 0 Å². The van der Waals surface area contributed by atoms with Crippen molar-refractivity contribution < 1.29 is 9.66 Å². The summed E-state index contributed by atoms with van der Waals surface area (Å²) >= 11 is 0. The number of benzene rings is 1. The summed E-state index contributed by atoms with van der Waals surface area (Å²) in [5.41, 5.74) is 5.85. The molecule has 100 valence electrons. The summed E-state index contributed by atoms with van der Waals surface area (Å²) in [7, 11) is 1.40. The molecule has 0 bridgehead atoms. The number of ether oxygens (including phenoxy) is 1. The largest absolute Gasteiger partial charge is 0.490 e. The first-order valence-corrected chi connectivity index (χ1v) is 5.73. The molecule has 0 aliphatic carbocycles. The van der Waals surface area contributed by atoms with Gasteiger partial charge in [0.25, 0.3) is 0 Å². The summed E-state index contributed by atoms with van der Waals surface area (Å²) in [6, 6.07) is 4.91. The van der Waals surface area contributed by atoms with Gasteiger partial charge in [0.2, 0.25) is 0 Å². The van der Waals surface area contributed by atoms with Gasteiger partial charge in [-0.3, -0.25) is 14.7 Å². The van der Waals surface area contributed by atoms with Crippen molar-refractivity contribution in [1.82, 2.24) is 9.55 Å². The van der Waals surface area contributed by atoms with Gasteiger partial charge >= 0.3 is 5.69 Å². The van der Waals surface area contributed by atoms with Crippen LogP contribution in [0.5, 0.6) is 5.75 Å². The summed E-state index contributed by atoms with van der Waals surface area (Å²) in [5.74, 6) is 0.897. The molecule has 0 spiro atoms. The van der Waals surface area contributed by atoms with Gasteiger partial charge in [-0.15, -0.1) is 0 Å². The highest BCUT2D eigenvalue weighted by molar-refractivity contribution is 5.61. The summed E-state index contributed by atoms with van der Waals surface area (Å²) in [4.78, 5) is 14.9. The van der Waals surface area contributed by atoms with Gasteiger partial charge in [0, 0.05) is 18.8 Å². The van der Waals surface area contributed by atoms with Gasteiger partial charge < -0.3 is 10.5 Å². The van der Waals surface area contributed by atoms with Crippen molar-refractivity contribution in [2.24, 2.45) is 5.73 Å². The minimum Gasteiger partial charge on any atom is -0.490 e. The third-order valence-corrected chi connectivity index (χ3v) is 2.73. The van der Waals surface area contributed by atoms with E-state index in [1.54, 1.807) is 35.2 Å². The molecule has 0 amide bonds. The molecule has 19 heavy (non-hydrogen) atoms. The number of methoxy groups -OCH3 is 1. The van der Waals surface area contributed by atoms with Crippen LogP contribution < -0.4 is 10.5 Å². The Kier molecular flexibility index (Phi) is 3.76. The number of aromatic nitrogens is 2. The van der Waals surface area contributed by atoms with Crippen molar-refractivity contribution in [2.75, 3.05) is 13.7 Å². The molecule has 1 aromatic heterocycles. The van der Waals surface area contributed by atoms with E-state index in [0.717, 1.165) is 0 Å². The normalized spacial score (nSPS) is 10.4. The molecule has 0 fully saturated rings. The van der Waals surface area contributed by atoms with Crippen molar-refractivity contribution >= 4 is 5.69 Å². The zero-order valence-corrected chi connectivity index (χ0v) is 10.4. The first-order chi connectivity index (χ1) is 9.19. The van der Waals surface area contributed by atoms with Gasteiger partial charge in [-0.1, -0.05) is 6.07 Å². The molecule has 2 N–H and O–H groups in total. The Bertz CT molecular complexity index is 594. The standard InChI is InChI=1S/C12H14N4O3/c1-19-10-4-2-3-9(12(10)16(17)18)15-8-7-14-11(15)5-6-13/h2-4,7-8H,5-6,13H2,1H3. The minimum absolute atomic E-state index is 0.0822. The van der Waals surface area contributed by atoms with Crippen molar-refractivity contribution in [3.8, 4) is 11.4 Å². The highest BCUT2D eigenvalue weighted by Gasteiger charge is 2.22. The van der Waals surface area contributed by atoms with Gasteiger partial charge in [-0.25, -0.2) is 4.98 Å². The first-order valence-electron chi connectivity index (χ1n) is 5.73. The second-order valence-corrected chi connectivity index (χ2v) is 3.84. The lowest BCUT2D eigenvalue weighted by Gasteiger charge is -2.10. The van der Waals surface area contributed by atoms with E-state index in [0.29, 0.717) is 24.5 Å². The molecular weight excluding hydrogens is 248 g/mol. The number of hydrogen-bond donors (Lipinski definition) is 1. The maximum absolute atomic E-state index is 11.2. The molecule has 0 unspecified atom stereocenters. The lowest BCUT2D eigenvalue weighted by molar-refractivity contribution is -0.385. The number of nitrogens with zero attached hydrogens (tertiary/aromatic N) is 3. The van der Waals surface area contributed by atoms with Gasteiger partial charge in [0.1, 0.15) is 11.5 Å². The Morgan fingerprint density at radius 1 is 1.53 bits per heavy atom. The van der Waals surface area contributed by atoms with Crippen LogP contribution in [0, 0.1) is 10.1 Å². The van der Waals surface area contributed by atoms with Gasteiger partial charge in [-0.05, 0) is 18.7 Å². The van der Waals surface area contributed by atoms with Crippen LogP contribution in [0.1, 0.15) is 5.82 Å². The molecule has 7 heteroatoms. The van der Waals surface area contributed by atoms with Crippen molar-refractivity contribution in [2.45, 2.75) is 6.42 Å². The van der Waals surface area contributed by atoms with Gasteiger partial charge in [0.15, 0.2) is 5.75 Å². The Morgan fingerprint density at radius 2 is 2.32 bits per heavy atom. The van der Waals surface area contributed by atoms with E-state index in [4.69, 9.17) is 10.5 Å². The van der Waals surface area contributed by atoms with E-state index >= 15 is 0 Å². The Labute approximate surface area is 109 Å². The van der Waals surface area contributed by atoms with E-state index < -0.39 is 4.92 Å². The van der Waals surface area contributed by atoms with E-state index in [-0.39, 0.29) is 11.4 Å². The van der Waals surface area contributed by atoms with Crippen LogP contribution in [0.25, 0.3) is 5.69 Å². The van der Waals surface area contributed by atoms with E-state index in [2.05, 4.69) is 4.98 Å². The average molecular weight is 262 g/mol. The van der Waals surface area contributed by atoms with Crippen LogP contribution in [0.15, 0.2) is 30.6 Å². The molecule has 0 saturated carbocycles. The highest BCUT2D eigenvalue weighted by Crippen LogP contribution is 2.33. The first kappa shape index (κ1) is 13.0. The van der Waals surface area contributed by atoms with Gasteiger partial charge in [-0.2, -0.15) is 0 Å². The monoisotopic (exact) mass is 262 g/mol. The molecule has 1 aromatic carbocycles. The molecule has 7 nitrogen and oxygen atoms in total. The highest BCUT2D eigenvalue weighted by atomic mass is 16.6. The number of hydrogen-bond acceptors (Lipinski definition) is 5. The molecule has 0 aliphatic rings. The summed E-state index contributed by atoms with van der Waals surface area (Å²) in [6.07, 6.45) is 3.81. The lowest BCUT2D eigenvalue weighted by atomic mass is 10.2. The predicted octanol–water partition coefficient (Wildman–Crippen LogP) is 1.29. The van der Waals surface area contributed by atoms with Crippen LogP contribution in [0.3, 0.4) is 0 Å². The smallest absolute Gasteiger partial charge is 0.334 e. The van der Waals surface area contributed by atoms with E-state index in [1.165, 1.54) is 7.11 Å². The molecule has 0 radical (unpaired) electrons. The molecule has 0 aliphatic heterocycles. The Hall–Kier alpha value is -2.41. The fourth-order valence-corrected chi connectivity index (χ4v) is 1.92. The van der Waals surface area contributed by atoms with Crippen molar-refractivity contribution in [1.29, 1.82) is 0 Å².